The van der Waals surface area contributed by atoms with Crippen LogP contribution in [0, 0.1) is 5.92 Å². The van der Waals surface area contributed by atoms with Crippen molar-refractivity contribution in [3.8, 4) is 0 Å². The first kappa shape index (κ1) is 22.0. The maximum absolute atomic E-state index is 13.0. The minimum absolute atomic E-state index is 0.0341. The van der Waals surface area contributed by atoms with Crippen molar-refractivity contribution in [1.82, 2.24) is 4.90 Å². The summed E-state index contributed by atoms with van der Waals surface area (Å²) in [6.07, 6.45) is 1.48. The van der Waals surface area contributed by atoms with Gasteiger partial charge < -0.3 is 15.5 Å². The van der Waals surface area contributed by atoms with Crippen LogP contribution in [0.25, 0.3) is 0 Å². The molecule has 1 aliphatic rings. The lowest BCUT2D eigenvalue weighted by atomic mass is 9.96. The summed E-state index contributed by atoms with van der Waals surface area (Å²) in [4.78, 5) is 40.7. The van der Waals surface area contributed by atoms with Gasteiger partial charge in [0.05, 0.1) is 22.2 Å². The predicted octanol–water partition coefficient (Wildman–Crippen LogP) is 5.14. The molecule has 2 heterocycles. The molecule has 2 N–H and O–H groups in total. The molecule has 1 saturated heterocycles. The van der Waals surface area contributed by atoms with Crippen molar-refractivity contribution < 1.29 is 14.4 Å². The average molecular weight is 468 g/mol. The van der Waals surface area contributed by atoms with Crippen LogP contribution in [0.5, 0.6) is 0 Å². The Hall–Kier alpha value is -3.16. The molecule has 2 aromatic carbocycles. The Kier molecular flexibility index (Phi) is 6.87. The lowest BCUT2D eigenvalue weighted by Crippen LogP contribution is -2.43. The number of rotatable bonds is 5. The lowest BCUT2D eigenvalue weighted by molar-refractivity contribution is -0.121. The number of nitrogens with one attached hydrogen (secondary N) is 2. The van der Waals surface area contributed by atoms with Crippen molar-refractivity contribution in [3.63, 3.8) is 0 Å². The summed E-state index contributed by atoms with van der Waals surface area (Å²) in [6.45, 7) is 1.02. The predicted molar refractivity (Wildman–Crippen MR) is 127 cm³/mol. The number of benzene rings is 2. The number of nitrogens with zero attached hydrogens (tertiary/aromatic N) is 1. The third kappa shape index (κ3) is 5.18. The fraction of sp³-hybridized carbons (Fsp3) is 0.208. The van der Waals surface area contributed by atoms with Crippen LogP contribution in [0.1, 0.15) is 32.9 Å². The molecule has 1 aromatic heterocycles. The van der Waals surface area contributed by atoms with E-state index in [2.05, 4.69) is 10.6 Å². The fourth-order valence-electron chi connectivity index (χ4n) is 3.66. The molecule has 0 bridgehead atoms. The number of anilines is 2. The number of hydrogen-bond acceptors (Lipinski definition) is 4. The quantitative estimate of drug-likeness (QED) is 0.545. The zero-order valence-electron chi connectivity index (χ0n) is 17.2. The Labute approximate surface area is 195 Å². The molecule has 164 valence electrons. The van der Waals surface area contributed by atoms with Gasteiger partial charge in [0.25, 0.3) is 11.8 Å². The standard InChI is InChI=1S/C24H22ClN3O3S/c25-18-11-9-16(10-12-18)22(29)26-19-6-1-2-7-20(19)27-23(30)17-5-3-13-28(15-17)24(31)21-8-4-14-32-21/h1-2,4,6-12,14,17H,3,5,13,15H2,(H,26,29)(H,27,30). The normalized spacial score (nSPS) is 15.8. The molecule has 1 aliphatic heterocycles. The molecule has 0 radical (unpaired) electrons. The molecule has 1 unspecified atom stereocenters. The summed E-state index contributed by atoms with van der Waals surface area (Å²) >= 11 is 7.29. The third-order valence-corrected chi connectivity index (χ3v) is 6.46. The Morgan fingerprint density at radius 2 is 1.66 bits per heavy atom. The van der Waals surface area contributed by atoms with E-state index in [-0.39, 0.29) is 23.6 Å². The summed E-state index contributed by atoms with van der Waals surface area (Å²) in [6, 6.07) is 17.3. The second kappa shape index (κ2) is 9.97. The monoisotopic (exact) mass is 467 g/mol. The van der Waals surface area contributed by atoms with Gasteiger partial charge in [0.1, 0.15) is 0 Å². The van der Waals surface area contributed by atoms with E-state index in [4.69, 9.17) is 11.6 Å². The molecule has 1 atom stereocenters. The fourth-order valence-corrected chi connectivity index (χ4v) is 4.48. The van der Waals surface area contributed by atoms with Crippen LogP contribution in [0.3, 0.4) is 0 Å². The number of hydrogen-bond donors (Lipinski definition) is 2. The van der Waals surface area contributed by atoms with Crippen molar-refractivity contribution in [2.24, 2.45) is 5.92 Å². The van der Waals surface area contributed by atoms with Gasteiger partial charge in [-0.2, -0.15) is 0 Å². The number of amides is 3. The first-order valence-corrected chi connectivity index (χ1v) is 11.6. The summed E-state index contributed by atoms with van der Waals surface area (Å²) in [5.74, 6) is -0.809. The van der Waals surface area contributed by atoms with Crippen molar-refractivity contribution in [2.75, 3.05) is 23.7 Å². The summed E-state index contributed by atoms with van der Waals surface area (Å²) in [5, 5.41) is 8.19. The molecule has 8 heteroatoms. The van der Waals surface area contributed by atoms with Crippen molar-refractivity contribution in [1.29, 1.82) is 0 Å². The first-order chi connectivity index (χ1) is 15.5. The summed E-state index contributed by atoms with van der Waals surface area (Å²) in [7, 11) is 0. The van der Waals surface area contributed by atoms with Crippen LogP contribution in [0.2, 0.25) is 5.02 Å². The molecule has 1 fully saturated rings. The van der Waals surface area contributed by atoms with Crippen molar-refractivity contribution >= 4 is 52.0 Å². The number of carbonyl (C=O) groups is 3. The van der Waals surface area contributed by atoms with E-state index in [1.165, 1.54) is 11.3 Å². The van der Waals surface area contributed by atoms with Gasteiger partial charge in [0, 0.05) is 23.7 Å². The first-order valence-electron chi connectivity index (χ1n) is 10.3. The molecular formula is C24H22ClN3O3S. The summed E-state index contributed by atoms with van der Waals surface area (Å²) in [5.41, 5.74) is 1.48. The SMILES string of the molecule is O=C(Nc1ccccc1NC(=O)C1CCCN(C(=O)c2cccs2)C1)c1ccc(Cl)cc1. The molecular weight excluding hydrogens is 446 g/mol. The molecule has 6 nitrogen and oxygen atoms in total. The Balaban J connectivity index is 1.42. The molecule has 4 rings (SSSR count). The number of likely N-dealkylation sites (tertiary alicyclic amines) is 1. The van der Waals surface area contributed by atoms with Gasteiger partial charge in [-0.1, -0.05) is 29.8 Å². The Morgan fingerprint density at radius 1 is 0.938 bits per heavy atom. The molecule has 3 amide bonds. The Bertz CT molecular complexity index is 1120. The van der Waals surface area contributed by atoms with E-state index in [0.717, 1.165) is 6.42 Å². The van der Waals surface area contributed by atoms with Crippen LogP contribution in [-0.2, 0) is 4.79 Å². The van der Waals surface area contributed by atoms with Crippen LogP contribution in [0.4, 0.5) is 11.4 Å². The third-order valence-electron chi connectivity index (χ3n) is 5.35. The van der Waals surface area contributed by atoms with Crippen LogP contribution < -0.4 is 10.6 Å². The highest BCUT2D eigenvalue weighted by Crippen LogP contribution is 2.26. The Morgan fingerprint density at radius 3 is 2.34 bits per heavy atom. The minimum Gasteiger partial charge on any atom is -0.337 e. The van der Waals surface area contributed by atoms with Gasteiger partial charge in [-0.15, -0.1) is 11.3 Å². The molecule has 3 aromatic rings. The lowest BCUT2D eigenvalue weighted by Gasteiger charge is -2.32. The smallest absolute Gasteiger partial charge is 0.263 e. The van der Waals surface area contributed by atoms with E-state index >= 15 is 0 Å². The van der Waals surface area contributed by atoms with Crippen LogP contribution >= 0.6 is 22.9 Å². The van der Waals surface area contributed by atoms with Gasteiger partial charge in [0.2, 0.25) is 5.91 Å². The van der Waals surface area contributed by atoms with Crippen LogP contribution in [0.15, 0.2) is 66.0 Å². The number of piperidine rings is 1. The molecule has 0 saturated carbocycles. The van der Waals surface area contributed by atoms with Gasteiger partial charge in [0.15, 0.2) is 0 Å². The number of thiophene rings is 1. The zero-order valence-corrected chi connectivity index (χ0v) is 18.8. The van der Waals surface area contributed by atoms with E-state index < -0.39 is 0 Å². The second-order valence-electron chi connectivity index (χ2n) is 7.56. The molecule has 0 spiro atoms. The van der Waals surface area contributed by atoms with E-state index in [1.54, 1.807) is 59.5 Å². The number of carbonyl (C=O) groups excluding carboxylic acids is 3. The molecule has 32 heavy (non-hydrogen) atoms. The maximum Gasteiger partial charge on any atom is 0.263 e. The highest BCUT2D eigenvalue weighted by molar-refractivity contribution is 7.12. The van der Waals surface area contributed by atoms with E-state index in [0.29, 0.717) is 46.3 Å². The topological polar surface area (TPSA) is 78.5 Å². The number of para-hydroxylation sites is 2. The molecule has 0 aliphatic carbocycles. The average Bonchev–Trinajstić information content (AvgIpc) is 3.35. The minimum atomic E-state index is -0.312. The van der Waals surface area contributed by atoms with Gasteiger partial charge in [-0.25, -0.2) is 0 Å². The van der Waals surface area contributed by atoms with Crippen LogP contribution in [-0.4, -0.2) is 35.7 Å². The number of halogens is 1. The second-order valence-corrected chi connectivity index (χ2v) is 8.95. The highest BCUT2D eigenvalue weighted by atomic mass is 35.5. The van der Waals surface area contributed by atoms with Gasteiger partial charge >= 0.3 is 0 Å². The maximum atomic E-state index is 13.0. The highest BCUT2D eigenvalue weighted by Gasteiger charge is 2.29. The summed E-state index contributed by atoms with van der Waals surface area (Å²) < 4.78 is 0. The largest absolute Gasteiger partial charge is 0.337 e. The van der Waals surface area contributed by atoms with Gasteiger partial charge in [-0.3, -0.25) is 14.4 Å². The van der Waals surface area contributed by atoms with Gasteiger partial charge in [-0.05, 0) is 60.7 Å². The zero-order chi connectivity index (χ0) is 22.5. The van der Waals surface area contributed by atoms with E-state index in [1.807, 2.05) is 11.4 Å². The van der Waals surface area contributed by atoms with Crippen molar-refractivity contribution in [2.45, 2.75) is 12.8 Å². The van der Waals surface area contributed by atoms with Crippen molar-refractivity contribution in [3.05, 3.63) is 81.5 Å². The van der Waals surface area contributed by atoms with E-state index in [9.17, 15) is 14.4 Å².